The smallest absolute Gasteiger partial charge is 0.243 e. The summed E-state index contributed by atoms with van der Waals surface area (Å²) in [5.74, 6) is 0.652. The van der Waals surface area contributed by atoms with E-state index in [1.54, 1.807) is 29.1 Å². The number of hydrogen-bond donors (Lipinski definition) is 1. The highest BCUT2D eigenvalue weighted by Gasteiger charge is 2.27. The third-order valence-electron chi connectivity index (χ3n) is 5.38. The van der Waals surface area contributed by atoms with Crippen molar-refractivity contribution in [3.8, 4) is 0 Å². The minimum Gasteiger partial charge on any atom is -0.379 e. The van der Waals surface area contributed by atoms with Crippen molar-refractivity contribution >= 4 is 27.0 Å². The molecule has 4 rings (SSSR count). The van der Waals surface area contributed by atoms with Crippen LogP contribution in [0.1, 0.15) is 17.8 Å². The van der Waals surface area contributed by atoms with Gasteiger partial charge in [0.05, 0.1) is 35.3 Å². The van der Waals surface area contributed by atoms with Crippen molar-refractivity contribution in [1.29, 1.82) is 0 Å². The molecule has 1 aliphatic heterocycles. The molecule has 31 heavy (non-hydrogen) atoms. The molecule has 3 heterocycles. The second-order valence-electron chi connectivity index (χ2n) is 7.55. The number of hydrogen-bond acceptors (Lipinski definition) is 6. The Morgan fingerprint density at radius 3 is 2.71 bits per heavy atom. The Morgan fingerprint density at radius 2 is 2.00 bits per heavy atom. The summed E-state index contributed by atoms with van der Waals surface area (Å²) in [4.78, 5) is 17.0. The molecule has 0 spiro atoms. The summed E-state index contributed by atoms with van der Waals surface area (Å²) >= 11 is 0. The Hall–Kier alpha value is -2.76. The van der Waals surface area contributed by atoms with Gasteiger partial charge in [-0.1, -0.05) is 0 Å². The van der Waals surface area contributed by atoms with E-state index < -0.39 is 10.0 Å². The molecule has 0 aliphatic carbocycles. The largest absolute Gasteiger partial charge is 0.379 e. The highest BCUT2D eigenvalue weighted by Crippen LogP contribution is 2.23. The quantitative estimate of drug-likeness (QED) is 0.568. The fourth-order valence-electron chi connectivity index (χ4n) is 3.63. The standard InChI is InChI=1S/C20H26N6O4S/c1-24-14-15(13-22-24)12-21-20(27)6-5-19-23-17-11-16(3-4-18(17)25(19)2)31(28,29)26-7-9-30-10-8-26/h3-4,11,13-14H,5-10,12H2,1-2H3,(H,21,27). The molecule has 1 amide bonds. The van der Waals surface area contributed by atoms with Crippen LogP contribution in [-0.4, -0.2) is 64.3 Å². The SMILES string of the molecule is Cn1cc(CNC(=O)CCc2nc3cc(S(=O)(=O)N4CCOCC4)ccc3n2C)cn1. The first-order valence-electron chi connectivity index (χ1n) is 10.1. The fourth-order valence-corrected chi connectivity index (χ4v) is 5.06. The molecule has 11 heteroatoms. The van der Waals surface area contributed by atoms with E-state index in [0.29, 0.717) is 44.8 Å². The zero-order valence-electron chi connectivity index (χ0n) is 17.6. The first-order chi connectivity index (χ1) is 14.8. The number of aryl methyl sites for hydroxylation is 3. The number of imidazole rings is 1. The van der Waals surface area contributed by atoms with Crippen LogP contribution in [0.3, 0.4) is 0 Å². The lowest BCUT2D eigenvalue weighted by Crippen LogP contribution is -2.40. The van der Waals surface area contributed by atoms with Crippen molar-refractivity contribution in [2.45, 2.75) is 24.3 Å². The van der Waals surface area contributed by atoms with Crippen LogP contribution < -0.4 is 5.32 Å². The summed E-state index contributed by atoms with van der Waals surface area (Å²) in [5, 5.41) is 6.95. The normalized spacial score (nSPS) is 15.4. The van der Waals surface area contributed by atoms with E-state index >= 15 is 0 Å². The van der Waals surface area contributed by atoms with Crippen molar-refractivity contribution < 1.29 is 17.9 Å². The number of aromatic nitrogens is 4. The number of carbonyl (C=O) groups is 1. The Kier molecular flexibility index (Phi) is 6.08. The first kappa shape index (κ1) is 21.5. The van der Waals surface area contributed by atoms with Gasteiger partial charge in [0, 0.05) is 58.3 Å². The maximum atomic E-state index is 12.9. The van der Waals surface area contributed by atoms with Crippen LogP contribution in [0, 0.1) is 0 Å². The van der Waals surface area contributed by atoms with Crippen molar-refractivity contribution in [3.63, 3.8) is 0 Å². The van der Waals surface area contributed by atoms with Crippen molar-refractivity contribution in [2.24, 2.45) is 14.1 Å². The molecule has 10 nitrogen and oxygen atoms in total. The first-order valence-corrected chi connectivity index (χ1v) is 11.6. The maximum absolute atomic E-state index is 12.9. The third-order valence-corrected chi connectivity index (χ3v) is 7.27. The summed E-state index contributed by atoms with van der Waals surface area (Å²) in [6, 6.07) is 4.98. The molecule has 0 unspecified atom stereocenters. The van der Waals surface area contributed by atoms with Gasteiger partial charge in [-0.15, -0.1) is 0 Å². The van der Waals surface area contributed by atoms with Gasteiger partial charge in [0.2, 0.25) is 15.9 Å². The number of amides is 1. The lowest BCUT2D eigenvalue weighted by atomic mass is 10.2. The van der Waals surface area contributed by atoms with E-state index in [9.17, 15) is 13.2 Å². The van der Waals surface area contributed by atoms with Crippen LogP contribution >= 0.6 is 0 Å². The number of fused-ring (bicyclic) bond motifs is 1. The van der Waals surface area contributed by atoms with Gasteiger partial charge in [0.15, 0.2) is 0 Å². The topological polar surface area (TPSA) is 111 Å². The molecule has 0 saturated carbocycles. The molecule has 0 radical (unpaired) electrons. The number of rotatable bonds is 7. The van der Waals surface area contributed by atoms with E-state index in [2.05, 4.69) is 15.4 Å². The molecule has 1 aromatic carbocycles. The Balaban J connectivity index is 1.44. The number of ether oxygens (including phenoxy) is 1. The van der Waals surface area contributed by atoms with Crippen LogP contribution in [0.15, 0.2) is 35.5 Å². The van der Waals surface area contributed by atoms with Gasteiger partial charge in [0.25, 0.3) is 0 Å². The molecule has 0 bridgehead atoms. The van der Waals surface area contributed by atoms with E-state index in [-0.39, 0.29) is 17.2 Å². The molecule has 1 fully saturated rings. The van der Waals surface area contributed by atoms with Gasteiger partial charge >= 0.3 is 0 Å². The number of sulfonamides is 1. The molecule has 1 N–H and O–H groups in total. The predicted octanol–water partition coefficient (Wildman–Crippen LogP) is 0.577. The second-order valence-corrected chi connectivity index (χ2v) is 9.49. The molecule has 2 aromatic heterocycles. The molecular weight excluding hydrogens is 420 g/mol. The Morgan fingerprint density at radius 1 is 1.23 bits per heavy atom. The van der Waals surface area contributed by atoms with Gasteiger partial charge < -0.3 is 14.6 Å². The van der Waals surface area contributed by atoms with E-state index in [4.69, 9.17) is 4.74 Å². The number of benzene rings is 1. The minimum atomic E-state index is -3.58. The van der Waals surface area contributed by atoms with Crippen LogP contribution in [0.25, 0.3) is 11.0 Å². The summed E-state index contributed by atoms with van der Waals surface area (Å²) < 4.78 is 36.1. The van der Waals surface area contributed by atoms with Crippen molar-refractivity contribution in [2.75, 3.05) is 26.3 Å². The van der Waals surface area contributed by atoms with Crippen molar-refractivity contribution in [3.05, 3.63) is 42.0 Å². The minimum absolute atomic E-state index is 0.0773. The summed E-state index contributed by atoms with van der Waals surface area (Å²) in [5.41, 5.74) is 2.36. The molecule has 3 aromatic rings. The summed E-state index contributed by atoms with van der Waals surface area (Å²) in [7, 11) is 0.116. The number of nitrogens with zero attached hydrogens (tertiary/aromatic N) is 5. The average molecular weight is 447 g/mol. The summed E-state index contributed by atoms with van der Waals surface area (Å²) in [6.45, 7) is 1.93. The Labute approximate surface area is 180 Å². The monoisotopic (exact) mass is 446 g/mol. The highest BCUT2D eigenvalue weighted by atomic mass is 32.2. The molecular formula is C20H26N6O4S. The molecule has 0 atom stereocenters. The van der Waals surface area contributed by atoms with Crippen LogP contribution in [0.5, 0.6) is 0 Å². The van der Waals surface area contributed by atoms with E-state index in [0.717, 1.165) is 16.9 Å². The van der Waals surface area contributed by atoms with Gasteiger partial charge in [-0.25, -0.2) is 13.4 Å². The van der Waals surface area contributed by atoms with Gasteiger partial charge in [-0.2, -0.15) is 9.40 Å². The zero-order chi connectivity index (χ0) is 22.0. The summed E-state index contributed by atoms with van der Waals surface area (Å²) in [6.07, 6.45) is 4.31. The molecule has 1 aliphatic rings. The third kappa shape index (κ3) is 4.63. The highest BCUT2D eigenvalue weighted by molar-refractivity contribution is 7.89. The molecule has 166 valence electrons. The van der Waals surface area contributed by atoms with Crippen LogP contribution in [0.2, 0.25) is 0 Å². The number of carbonyl (C=O) groups excluding carboxylic acids is 1. The molecule has 1 saturated heterocycles. The predicted molar refractivity (Wildman–Crippen MR) is 114 cm³/mol. The Bertz CT molecular complexity index is 1190. The fraction of sp³-hybridized carbons (Fsp3) is 0.450. The lowest BCUT2D eigenvalue weighted by Gasteiger charge is -2.26. The van der Waals surface area contributed by atoms with Gasteiger partial charge in [0.1, 0.15) is 5.82 Å². The lowest BCUT2D eigenvalue weighted by molar-refractivity contribution is -0.121. The second kappa shape index (κ2) is 8.77. The van der Waals surface area contributed by atoms with E-state index in [1.807, 2.05) is 24.9 Å². The van der Waals surface area contributed by atoms with Gasteiger partial charge in [-0.05, 0) is 18.2 Å². The van der Waals surface area contributed by atoms with Crippen LogP contribution in [0.4, 0.5) is 0 Å². The number of nitrogens with one attached hydrogen (secondary N) is 1. The number of morpholine rings is 1. The van der Waals surface area contributed by atoms with Crippen molar-refractivity contribution in [1.82, 2.24) is 29.0 Å². The maximum Gasteiger partial charge on any atom is 0.243 e. The van der Waals surface area contributed by atoms with Gasteiger partial charge in [-0.3, -0.25) is 9.48 Å². The zero-order valence-corrected chi connectivity index (χ0v) is 18.4. The average Bonchev–Trinajstić information content (AvgIpc) is 3.33. The van der Waals surface area contributed by atoms with E-state index in [1.165, 1.54) is 4.31 Å². The van der Waals surface area contributed by atoms with Crippen LogP contribution in [-0.2, 0) is 46.6 Å².